The molecule has 0 atom stereocenters. The van der Waals surface area contributed by atoms with Crippen LogP contribution in [0.15, 0.2) is 47.4 Å². The van der Waals surface area contributed by atoms with Crippen LogP contribution in [-0.2, 0) is 11.8 Å². The molecule has 0 fully saturated rings. The topological polar surface area (TPSA) is 147 Å². The minimum atomic E-state index is -0.729. The van der Waals surface area contributed by atoms with Gasteiger partial charge in [-0.25, -0.2) is 14.8 Å². The van der Waals surface area contributed by atoms with E-state index in [1.165, 1.54) is 30.6 Å². The number of benzene rings is 1. The maximum atomic E-state index is 12.5. The Balaban J connectivity index is 1.47. The van der Waals surface area contributed by atoms with Gasteiger partial charge in [0.2, 0.25) is 11.7 Å². The van der Waals surface area contributed by atoms with E-state index in [0.29, 0.717) is 10.8 Å². The third-order valence-electron chi connectivity index (χ3n) is 4.04. The second-order valence-corrected chi connectivity index (χ2v) is 6.93. The molecular weight excluding hydrogens is 454 g/mol. The lowest BCUT2D eigenvalue weighted by molar-refractivity contribution is 0.0470. The number of carbonyl (C=O) groups is 2. The first-order valence-corrected chi connectivity index (χ1v) is 9.91. The van der Waals surface area contributed by atoms with Crippen molar-refractivity contribution in [1.82, 2.24) is 29.9 Å². The van der Waals surface area contributed by atoms with E-state index >= 15 is 0 Å². The molecule has 12 nitrogen and oxygen atoms in total. The number of nitrogens with zero attached hydrogens (tertiary/aromatic N) is 6. The highest BCUT2D eigenvalue weighted by atomic mass is 35.5. The minimum absolute atomic E-state index is 0.0633. The smallest absolute Gasteiger partial charge is 0.397 e. The Hall–Kier alpha value is -4.32. The number of rotatable bonds is 7. The van der Waals surface area contributed by atoms with Crippen LogP contribution in [-0.4, -0.2) is 48.4 Å². The van der Waals surface area contributed by atoms with E-state index in [1.54, 1.807) is 30.9 Å². The summed E-state index contributed by atoms with van der Waals surface area (Å²) < 4.78 is 16.9. The fourth-order valence-electron chi connectivity index (χ4n) is 2.63. The van der Waals surface area contributed by atoms with Crippen molar-refractivity contribution in [3.05, 3.63) is 59.3 Å². The number of carbonyl (C=O) groups excluding carboxylic acids is 2. The van der Waals surface area contributed by atoms with Gasteiger partial charge >= 0.3 is 11.9 Å². The van der Waals surface area contributed by atoms with Crippen LogP contribution < -0.4 is 10.1 Å². The Bertz CT molecular complexity index is 1300. The van der Waals surface area contributed by atoms with Gasteiger partial charge < -0.3 is 19.3 Å². The normalized spacial score (nSPS) is 10.6. The van der Waals surface area contributed by atoms with Crippen LogP contribution >= 0.6 is 11.6 Å². The zero-order valence-electron chi connectivity index (χ0n) is 17.4. The number of esters is 1. The lowest BCUT2D eigenvalue weighted by Crippen LogP contribution is -2.12. The van der Waals surface area contributed by atoms with E-state index in [4.69, 9.17) is 25.6 Å². The lowest BCUT2D eigenvalue weighted by atomic mass is 10.2. The summed E-state index contributed by atoms with van der Waals surface area (Å²) in [6.45, 7) is 1.84. The molecule has 4 rings (SSSR count). The van der Waals surface area contributed by atoms with Gasteiger partial charge in [0, 0.05) is 29.9 Å². The summed E-state index contributed by atoms with van der Waals surface area (Å²) in [6, 6.07) is 6.19. The van der Waals surface area contributed by atoms with Gasteiger partial charge in [0.15, 0.2) is 5.82 Å². The van der Waals surface area contributed by atoms with Crippen molar-refractivity contribution in [2.45, 2.75) is 6.92 Å². The summed E-state index contributed by atoms with van der Waals surface area (Å²) in [4.78, 5) is 36.4. The molecule has 0 aliphatic heterocycles. The Morgan fingerprint density at radius 1 is 1.21 bits per heavy atom. The number of aryl methyl sites for hydroxylation is 1. The second-order valence-electron chi connectivity index (χ2n) is 6.49. The maximum absolute atomic E-state index is 12.5. The Morgan fingerprint density at radius 2 is 2.06 bits per heavy atom. The van der Waals surface area contributed by atoms with Gasteiger partial charge in [0.25, 0.3) is 5.91 Å². The highest BCUT2D eigenvalue weighted by Gasteiger charge is 2.18. The molecule has 1 aromatic carbocycles. The van der Waals surface area contributed by atoms with E-state index in [-0.39, 0.29) is 41.2 Å². The van der Waals surface area contributed by atoms with Gasteiger partial charge in [-0.05, 0) is 25.1 Å². The zero-order valence-corrected chi connectivity index (χ0v) is 18.1. The van der Waals surface area contributed by atoms with E-state index in [1.807, 2.05) is 0 Å². The fourth-order valence-corrected chi connectivity index (χ4v) is 2.86. The highest BCUT2D eigenvalue weighted by Crippen LogP contribution is 2.26. The summed E-state index contributed by atoms with van der Waals surface area (Å²) in [7, 11) is 1.74. The van der Waals surface area contributed by atoms with Crippen LogP contribution in [0.25, 0.3) is 11.5 Å². The largest absolute Gasteiger partial charge is 0.459 e. The molecule has 3 heterocycles. The van der Waals surface area contributed by atoms with Crippen molar-refractivity contribution in [2.75, 3.05) is 11.9 Å². The van der Waals surface area contributed by atoms with Crippen LogP contribution in [0.1, 0.15) is 28.0 Å². The standard InChI is InChI=1S/C20H16ClN7O5/c1-3-31-20(30)19-25-17(27-33-19)14-9-23-16(10-22-14)32-13-7-11(6-12(21)8-13)18(29)24-15-4-5-28(2)26-15/h4-10H,3H2,1-2H3,(H,24,26,29). The average molecular weight is 470 g/mol. The molecule has 0 spiro atoms. The van der Waals surface area contributed by atoms with E-state index < -0.39 is 11.9 Å². The number of hydrogen-bond acceptors (Lipinski definition) is 10. The predicted molar refractivity (Wildman–Crippen MR) is 114 cm³/mol. The molecule has 1 N–H and O–H groups in total. The highest BCUT2D eigenvalue weighted by molar-refractivity contribution is 6.31. The van der Waals surface area contributed by atoms with Crippen LogP contribution in [0.5, 0.6) is 11.6 Å². The number of aromatic nitrogens is 6. The first kappa shape index (κ1) is 21.9. The summed E-state index contributed by atoms with van der Waals surface area (Å²) in [5, 5.41) is 10.8. The third kappa shape index (κ3) is 5.30. The molecule has 0 saturated heterocycles. The molecule has 4 aromatic rings. The molecule has 13 heteroatoms. The van der Waals surface area contributed by atoms with Crippen molar-refractivity contribution in [2.24, 2.45) is 7.05 Å². The Morgan fingerprint density at radius 3 is 2.76 bits per heavy atom. The van der Waals surface area contributed by atoms with E-state index in [2.05, 4.69) is 30.5 Å². The number of halogens is 1. The Labute approximate surface area is 191 Å². The van der Waals surface area contributed by atoms with Gasteiger partial charge in [0.1, 0.15) is 11.4 Å². The molecule has 0 aliphatic carbocycles. The van der Waals surface area contributed by atoms with Crippen LogP contribution in [0.4, 0.5) is 5.82 Å². The van der Waals surface area contributed by atoms with Gasteiger partial charge in [-0.1, -0.05) is 16.8 Å². The first-order valence-electron chi connectivity index (χ1n) is 9.54. The molecule has 0 unspecified atom stereocenters. The fraction of sp³-hybridized carbons (Fsp3) is 0.150. The molecule has 0 bridgehead atoms. The van der Waals surface area contributed by atoms with Crippen molar-refractivity contribution < 1.29 is 23.6 Å². The number of amides is 1. The van der Waals surface area contributed by atoms with Gasteiger partial charge in [-0.15, -0.1) is 0 Å². The van der Waals surface area contributed by atoms with Crippen LogP contribution in [0.2, 0.25) is 5.02 Å². The first-order chi connectivity index (χ1) is 15.9. The Kier molecular flexibility index (Phi) is 6.26. The summed E-state index contributed by atoms with van der Waals surface area (Å²) in [5.41, 5.74) is 0.522. The van der Waals surface area contributed by atoms with Crippen LogP contribution in [0.3, 0.4) is 0 Å². The van der Waals surface area contributed by atoms with E-state index in [9.17, 15) is 9.59 Å². The molecule has 3 aromatic heterocycles. The van der Waals surface area contributed by atoms with Gasteiger partial charge in [-0.3, -0.25) is 9.48 Å². The van der Waals surface area contributed by atoms with Gasteiger partial charge in [-0.2, -0.15) is 10.1 Å². The summed E-state index contributed by atoms with van der Waals surface area (Å²) >= 11 is 6.14. The van der Waals surface area contributed by atoms with Crippen molar-refractivity contribution >= 4 is 29.3 Å². The molecule has 33 heavy (non-hydrogen) atoms. The molecule has 0 aliphatic rings. The number of anilines is 1. The zero-order chi connectivity index (χ0) is 23.4. The quantitative estimate of drug-likeness (QED) is 0.400. The molecular formula is C20H16ClN7O5. The number of nitrogens with one attached hydrogen (secondary N) is 1. The summed E-state index contributed by atoms with van der Waals surface area (Å²) in [5.74, 6) is -0.548. The van der Waals surface area contributed by atoms with Crippen molar-refractivity contribution in [3.63, 3.8) is 0 Å². The molecule has 1 amide bonds. The molecule has 0 saturated carbocycles. The molecule has 0 radical (unpaired) electrons. The number of hydrogen-bond donors (Lipinski definition) is 1. The second kappa shape index (κ2) is 9.44. The maximum Gasteiger partial charge on any atom is 0.397 e. The number of ether oxygens (including phenoxy) is 2. The van der Waals surface area contributed by atoms with E-state index in [0.717, 1.165) is 0 Å². The van der Waals surface area contributed by atoms with Crippen molar-refractivity contribution in [3.8, 4) is 23.1 Å². The monoisotopic (exact) mass is 469 g/mol. The SMILES string of the molecule is CCOC(=O)c1nc(-c2cnc(Oc3cc(Cl)cc(C(=O)Nc4ccn(C)n4)c3)cn2)no1. The van der Waals surface area contributed by atoms with Crippen molar-refractivity contribution in [1.29, 1.82) is 0 Å². The van der Waals surface area contributed by atoms with Crippen LogP contribution in [0, 0.1) is 0 Å². The average Bonchev–Trinajstić information content (AvgIpc) is 3.43. The summed E-state index contributed by atoms with van der Waals surface area (Å²) in [6.07, 6.45) is 4.37. The predicted octanol–water partition coefficient (Wildman–Crippen LogP) is 3.13. The molecule has 168 valence electrons. The van der Waals surface area contributed by atoms with Gasteiger partial charge in [0.05, 0.1) is 19.0 Å². The minimum Gasteiger partial charge on any atom is -0.459 e. The third-order valence-corrected chi connectivity index (χ3v) is 4.26. The lowest BCUT2D eigenvalue weighted by Gasteiger charge is -2.08.